The van der Waals surface area contributed by atoms with Gasteiger partial charge >= 0.3 is 0 Å². The zero-order valence-corrected chi connectivity index (χ0v) is 13.2. The predicted octanol–water partition coefficient (Wildman–Crippen LogP) is 3.37. The van der Waals surface area contributed by atoms with Gasteiger partial charge in [-0.25, -0.2) is 0 Å². The maximum Gasteiger partial charge on any atom is 0.255 e. The quantitative estimate of drug-likeness (QED) is 0.804. The molecule has 0 aliphatic carbocycles. The Labute approximate surface area is 129 Å². The smallest absolute Gasteiger partial charge is 0.255 e. The van der Waals surface area contributed by atoms with Crippen molar-refractivity contribution in [1.82, 2.24) is 9.97 Å². The summed E-state index contributed by atoms with van der Waals surface area (Å²) in [7, 11) is 0. The molecule has 0 amide bonds. The van der Waals surface area contributed by atoms with Gasteiger partial charge in [0, 0.05) is 17.7 Å². The van der Waals surface area contributed by atoms with E-state index in [1.807, 2.05) is 31.2 Å². The second kappa shape index (κ2) is 7.22. The highest BCUT2D eigenvalue weighted by Gasteiger charge is 2.11. The molecule has 2 rings (SSSR count). The van der Waals surface area contributed by atoms with Crippen LogP contribution < -0.4 is 10.3 Å². The summed E-state index contributed by atoms with van der Waals surface area (Å²) >= 11 is 5.02. The van der Waals surface area contributed by atoms with E-state index < -0.39 is 0 Å². The van der Waals surface area contributed by atoms with Crippen molar-refractivity contribution in [3.8, 4) is 5.75 Å². The summed E-state index contributed by atoms with van der Waals surface area (Å²) in [5.41, 5.74) is 2.49. The van der Waals surface area contributed by atoms with Gasteiger partial charge in [0.05, 0.1) is 6.61 Å². The van der Waals surface area contributed by atoms with Gasteiger partial charge in [-0.1, -0.05) is 32.0 Å². The predicted molar refractivity (Wildman–Crippen MR) is 86.7 cm³/mol. The summed E-state index contributed by atoms with van der Waals surface area (Å²) in [5, 5.41) is 0. The monoisotopic (exact) mass is 304 g/mol. The first-order chi connectivity index (χ1) is 10.2. The minimum absolute atomic E-state index is 0.124. The van der Waals surface area contributed by atoms with Crippen LogP contribution in [-0.4, -0.2) is 16.6 Å². The Bertz CT molecular complexity index is 719. The highest BCUT2D eigenvalue weighted by atomic mass is 32.1. The first-order valence-electron chi connectivity index (χ1n) is 7.20. The molecule has 1 aromatic heterocycles. The molecule has 0 aliphatic heterocycles. The van der Waals surface area contributed by atoms with Gasteiger partial charge in [-0.05, 0) is 36.7 Å². The van der Waals surface area contributed by atoms with E-state index in [9.17, 15) is 4.79 Å². The number of hydrogen-bond acceptors (Lipinski definition) is 3. The van der Waals surface area contributed by atoms with Crippen LogP contribution in [0, 0.1) is 4.77 Å². The molecular weight excluding hydrogens is 284 g/mol. The second-order valence-electron chi connectivity index (χ2n) is 4.85. The number of aromatic amines is 2. The number of aromatic nitrogens is 2. The van der Waals surface area contributed by atoms with Gasteiger partial charge in [0.1, 0.15) is 5.75 Å². The van der Waals surface area contributed by atoms with E-state index in [1.165, 1.54) is 0 Å². The minimum atomic E-state index is -0.124. The lowest BCUT2D eigenvalue weighted by Crippen LogP contribution is -2.18. The third-order valence-electron chi connectivity index (χ3n) is 3.28. The lowest BCUT2D eigenvalue weighted by molar-refractivity contribution is 0.314. The highest BCUT2D eigenvalue weighted by molar-refractivity contribution is 7.71. The van der Waals surface area contributed by atoms with Crippen LogP contribution in [0.1, 0.15) is 37.1 Å². The van der Waals surface area contributed by atoms with Gasteiger partial charge in [0.15, 0.2) is 4.77 Å². The maximum atomic E-state index is 12.2. The Hall–Kier alpha value is -1.88. The number of aryl methyl sites for hydroxylation is 1. The molecule has 0 aliphatic rings. The van der Waals surface area contributed by atoms with Crippen molar-refractivity contribution in [2.24, 2.45) is 0 Å². The van der Waals surface area contributed by atoms with E-state index >= 15 is 0 Å². The van der Waals surface area contributed by atoms with E-state index in [0.717, 1.165) is 35.4 Å². The summed E-state index contributed by atoms with van der Waals surface area (Å²) in [5.74, 6) is 0.836. The van der Waals surface area contributed by atoms with Crippen molar-refractivity contribution in [2.75, 3.05) is 6.61 Å². The van der Waals surface area contributed by atoms with Crippen molar-refractivity contribution in [3.05, 3.63) is 56.2 Å². The molecule has 5 heteroatoms. The van der Waals surface area contributed by atoms with E-state index in [2.05, 4.69) is 16.9 Å². The molecular formula is C16H20N2O2S. The number of benzene rings is 1. The zero-order valence-electron chi connectivity index (χ0n) is 12.4. The van der Waals surface area contributed by atoms with Crippen molar-refractivity contribution >= 4 is 12.2 Å². The van der Waals surface area contributed by atoms with Gasteiger partial charge in [-0.3, -0.25) is 9.78 Å². The Morgan fingerprint density at radius 2 is 1.95 bits per heavy atom. The number of H-pyrrole nitrogens is 2. The van der Waals surface area contributed by atoms with Crippen LogP contribution in [-0.2, 0) is 12.8 Å². The number of ether oxygens (including phenoxy) is 1. The van der Waals surface area contributed by atoms with E-state index in [0.29, 0.717) is 17.8 Å². The zero-order chi connectivity index (χ0) is 15.2. The molecule has 0 fully saturated rings. The topological polar surface area (TPSA) is 57.9 Å². The molecule has 0 radical (unpaired) electrons. The first-order valence-corrected chi connectivity index (χ1v) is 7.61. The molecule has 2 N–H and O–H groups in total. The Morgan fingerprint density at radius 3 is 2.67 bits per heavy atom. The van der Waals surface area contributed by atoms with Crippen LogP contribution in [0.15, 0.2) is 29.1 Å². The minimum Gasteiger partial charge on any atom is -0.493 e. The standard InChI is InChI=1S/C16H20N2O2S/c1-3-9-20-14-8-6-5-7-11(14)10-12-13(4-2)17-16(21)18-15(12)19/h5-8H,3-4,9-10H2,1-2H3,(H2,17,18,19,21). The number of nitrogens with one attached hydrogen (secondary N) is 2. The molecule has 2 aromatic rings. The molecule has 1 heterocycles. The van der Waals surface area contributed by atoms with E-state index in [1.54, 1.807) is 0 Å². The molecule has 0 spiro atoms. The Balaban J connectivity index is 2.39. The Kier molecular flexibility index (Phi) is 5.33. The molecule has 0 atom stereocenters. The van der Waals surface area contributed by atoms with E-state index in [4.69, 9.17) is 17.0 Å². The lowest BCUT2D eigenvalue weighted by Gasteiger charge is -2.12. The SMILES string of the molecule is CCCOc1ccccc1Cc1c(CC)[nH]c(=S)[nH]c1=O. The van der Waals surface area contributed by atoms with Crippen LogP contribution in [0.3, 0.4) is 0 Å². The molecule has 1 aromatic carbocycles. The molecule has 0 saturated carbocycles. The summed E-state index contributed by atoms with van der Waals surface area (Å²) in [4.78, 5) is 17.9. The summed E-state index contributed by atoms with van der Waals surface area (Å²) in [6.07, 6.45) is 2.22. The first kappa shape index (κ1) is 15.5. The third kappa shape index (κ3) is 3.82. The summed E-state index contributed by atoms with van der Waals surface area (Å²) in [6.45, 7) is 4.74. The molecule has 4 nitrogen and oxygen atoms in total. The van der Waals surface area contributed by atoms with Crippen molar-refractivity contribution < 1.29 is 4.74 Å². The van der Waals surface area contributed by atoms with Crippen LogP contribution >= 0.6 is 12.2 Å². The molecule has 0 saturated heterocycles. The fraction of sp³-hybridized carbons (Fsp3) is 0.375. The molecule has 0 bridgehead atoms. The number of hydrogen-bond donors (Lipinski definition) is 2. The molecule has 112 valence electrons. The Morgan fingerprint density at radius 1 is 1.19 bits per heavy atom. The molecule has 21 heavy (non-hydrogen) atoms. The number of para-hydroxylation sites is 1. The average molecular weight is 304 g/mol. The fourth-order valence-corrected chi connectivity index (χ4v) is 2.46. The van der Waals surface area contributed by atoms with Gasteiger partial charge in [0.2, 0.25) is 0 Å². The van der Waals surface area contributed by atoms with Crippen molar-refractivity contribution in [1.29, 1.82) is 0 Å². The number of rotatable bonds is 6. The second-order valence-corrected chi connectivity index (χ2v) is 5.26. The van der Waals surface area contributed by atoms with E-state index in [-0.39, 0.29) is 5.56 Å². The summed E-state index contributed by atoms with van der Waals surface area (Å²) in [6, 6.07) is 7.83. The van der Waals surface area contributed by atoms with Crippen LogP contribution in [0.5, 0.6) is 5.75 Å². The normalized spacial score (nSPS) is 10.6. The maximum absolute atomic E-state index is 12.2. The van der Waals surface area contributed by atoms with Crippen LogP contribution in [0.2, 0.25) is 0 Å². The van der Waals surface area contributed by atoms with Gasteiger partial charge in [-0.2, -0.15) is 0 Å². The van der Waals surface area contributed by atoms with Gasteiger partial charge in [-0.15, -0.1) is 0 Å². The van der Waals surface area contributed by atoms with Crippen LogP contribution in [0.25, 0.3) is 0 Å². The third-order valence-corrected chi connectivity index (χ3v) is 3.49. The summed E-state index contributed by atoms with van der Waals surface area (Å²) < 4.78 is 6.12. The molecule has 0 unspecified atom stereocenters. The van der Waals surface area contributed by atoms with Crippen molar-refractivity contribution in [2.45, 2.75) is 33.1 Å². The lowest BCUT2D eigenvalue weighted by atomic mass is 10.0. The van der Waals surface area contributed by atoms with Gasteiger partial charge < -0.3 is 9.72 Å². The largest absolute Gasteiger partial charge is 0.493 e. The average Bonchev–Trinajstić information content (AvgIpc) is 2.48. The van der Waals surface area contributed by atoms with Gasteiger partial charge in [0.25, 0.3) is 5.56 Å². The fourth-order valence-electron chi connectivity index (χ4n) is 2.24. The van der Waals surface area contributed by atoms with Crippen LogP contribution in [0.4, 0.5) is 0 Å². The van der Waals surface area contributed by atoms with Crippen molar-refractivity contribution in [3.63, 3.8) is 0 Å². The highest BCUT2D eigenvalue weighted by Crippen LogP contribution is 2.21.